The Balaban J connectivity index is 2.26. The lowest BCUT2D eigenvalue weighted by molar-refractivity contribution is 0.0663. The molecular formula is C14H16F2N2O. The van der Waals surface area contributed by atoms with Crippen LogP contribution in [0.15, 0.2) is 30.6 Å². The van der Waals surface area contributed by atoms with Gasteiger partial charge in [0.05, 0.1) is 5.60 Å². The maximum Gasteiger partial charge on any atom is 0.159 e. The van der Waals surface area contributed by atoms with Crippen LogP contribution in [0.25, 0.3) is 11.4 Å². The molecule has 0 aliphatic carbocycles. The second-order valence-corrected chi connectivity index (χ2v) is 5.14. The van der Waals surface area contributed by atoms with Crippen LogP contribution >= 0.6 is 0 Å². The highest BCUT2D eigenvalue weighted by Gasteiger charge is 2.14. The van der Waals surface area contributed by atoms with Crippen molar-refractivity contribution in [1.82, 2.24) is 9.55 Å². The molecule has 0 aliphatic heterocycles. The molecule has 0 spiro atoms. The maximum absolute atomic E-state index is 13.2. The molecule has 0 unspecified atom stereocenters. The van der Waals surface area contributed by atoms with E-state index in [2.05, 4.69) is 4.98 Å². The number of benzene rings is 1. The van der Waals surface area contributed by atoms with Gasteiger partial charge in [-0.25, -0.2) is 13.8 Å². The van der Waals surface area contributed by atoms with Crippen molar-refractivity contribution >= 4 is 0 Å². The highest BCUT2D eigenvalue weighted by molar-refractivity contribution is 5.55. The molecule has 102 valence electrons. The second-order valence-electron chi connectivity index (χ2n) is 5.14. The molecule has 3 nitrogen and oxygen atoms in total. The molecular weight excluding hydrogens is 250 g/mol. The van der Waals surface area contributed by atoms with Gasteiger partial charge in [0, 0.05) is 24.5 Å². The molecule has 1 heterocycles. The van der Waals surface area contributed by atoms with E-state index in [-0.39, 0.29) is 0 Å². The van der Waals surface area contributed by atoms with Crippen molar-refractivity contribution in [2.24, 2.45) is 0 Å². The van der Waals surface area contributed by atoms with E-state index in [1.165, 1.54) is 6.07 Å². The van der Waals surface area contributed by atoms with Gasteiger partial charge in [-0.15, -0.1) is 0 Å². The number of imidazole rings is 1. The van der Waals surface area contributed by atoms with E-state index in [1.54, 1.807) is 26.2 Å². The molecule has 5 heteroatoms. The van der Waals surface area contributed by atoms with Crippen LogP contribution in [0.5, 0.6) is 0 Å². The summed E-state index contributed by atoms with van der Waals surface area (Å²) < 4.78 is 27.9. The Morgan fingerprint density at radius 2 is 2.00 bits per heavy atom. The molecule has 1 aromatic heterocycles. The summed E-state index contributed by atoms with van der Waals surface area (Å²) in [7, 11) is 0. The first-order chi connectivity index (χ1) is 8.87. The Morgan fingerprint density at radius 1 is 1.26 bits per heavy atom. The normalized spacial score (nSPS) is 11.8. The molecule has 0 bridgehead atoms. The van der Waals surface area contributed by atoms with Gasteiger partial charge in [0.25, 0.3) is 0 Å². The molecule has 19 heavy (non-hydrogen) atoms. The van der Waals surface area contributed by atoms with Crippen molar-refractivity contribution in [1.29, 1.82) is 0 Å². The third kappa shape index (κ3) is 3.38. The van der Waals surface area contributed by atoms with Gasteiger partial charge in [-0.05, 0) is 38.5 Å². The number of aliphatic hydroxyl groups is 1. The lowest BCUT2D eigenvalue weighted by Crippen LogP contribution is -2.21. The number of halogens is 2. The van der Waals surface area contributed by atoms with Gasteiger partial charge in [-0.1, -0.05) is 0 Å². The molecule has 0 amide bonds. The van der Waals surface area contributed by atoms with Crippen LogP contribution in [0.4, 0.5) is 8.78 Å². The summed E-state index contributed by atoms with van der Waals surface area (Å²) in [6.07, 6.45) is 3.89. The van der Waals surface area contributed by atoms with Crippen molar-refractivity contribution in [2.75, 3.05) is 0 Å². The fourth-order valence-electron chi connectivity index (χ4n) is 1.78. The summed E-state index contributed by atoms with van der Waals surface area (Å²) >= 11 is 0. The SMILES string of the molecule is CC(C)(O)CCn1ccnc1-c1ccc(F)c(F)c1. The van der Waals surface area contributed by atoms with Gasteiger partial charge in [0.15, 0.2) is 11.6 Å². The van der Waals surface area contributed by atoms with E-state index in [0.717, 1.165) is 12.1 Å². The van der Waals surface area contributed by atoms with Crippen LogP contribution in [0.1, 0.15) is 20.3 Å². The van der Waals surface area contributed by atoms with Gasteiger partial charge < -0.3 is 9.67 Å². The predicted octanol–water partition coefficient (Wildman–Crippen LogP) is 2.99. The largest absolute Gasteiger partial charge is 0.390 e. The lowest BCUT2D eigenvalue weighted by Gasteiger charge is -2.18. The second kappa shape index (κ2) is 5.09. The van der Waals surface area contributed by atoms with Gasteiger partial charge in [0.1, 0.15) is 5.82 Å². The number of aromatic nitrogens is 2. The van der Waals surface area contributed by atoms with Gasteiger partial charge >= 0.3 is 0 Å². The molecule has 2 rings (SSSR count). The third-order valence-electron chi connectivity index (χ3n) is 2.86. The Kier molecular flexibility index (Phi) is 3.66. The van der Waals surface area contributed by atoms with Crippen LogP contribution in [-0.2, 0) is 6.54 Å². The molecule has 0 atom stereocenters. The third-order valence-corrected chi connectivity index (χ3v) is 2.86. The van der Waals surface area contributed by atoms with E-state index in [0.29, 0.717) is 24.4 Å². The van der Waals surface area contributed by atoms with Crippen molar-refractivity contribution in [3.05, 3.63) is 42.2 Å². The van der Waals surface area contributed by atoms with Crippen LogP contribution in [0, 0.1) is 11.6 Å². The quantitative estimate of drug-likeness (QED) is 0.923. The first-order valence-electron chi connectivity index (χ1n) is 6.06. The highest BCUT2D eigenvalue weighted by atomic mass is 19.2. The Morgan fingerprint density at radius 3 is 2.63 bits per heavy atom. The maximum atomic E-state index is 13.2. The predicted molar refractivity (Wildman–Crippen MR) is 68.5 cm³/mol. The van der Waals surface area contributed by atoms with Crippen LogP contribution in [0.2, 0.25) is 0 Å². The van der Waals surface area contributed by atoms with Crippen LogP contribution in [0.3, 0.4) is 0 Å². The topological polar surface area (TPSA) is 38.0 Å². The highest BCUT2D eigenvalue weighted by Crippen LogP contribution is 2.21. The van der Waals surface area contributed by atoms with Crippen molar-refractivity contribution in [2.45, 2.75) is 32.4 Å². The molecule has 2 aromatic rings. The van der Waals surface area contributed by atoms with Crippen LogP contribution in [-0.4, -0.2) is 20.3 Å². The molecule has 1 N–H and O–H groups in total. The van der Waals surface area contributed by atoms with Gasteiger partial charge in [-0.2, -0.15) is 0 Å². The minimum absolute atomic E-state index is 0.514. The molecule has 0 fully saturated rings. The first kappa shape index (κ1) is 13.7. The minimum atomic E-state index is -0.894. The number of hydrogen-bond donors (Lipinski definition) is 1. The molecule has 0 saturated heterocycles. The minimum Gasteiger partial charge on any atom is -0.390 e. The number of hydrogen-bond acceptors (Lipinski definition) is 2. The summed E-state index contributed by atoms with van der Waals surface area (Å²) in [5, 5.41) is 9.72. The van der Waals surface area contributed by atoms with Gasteiger partial charge in [0.2, 0.25) is 0 Å². The Hall–Kier alpha value is -1.75. The molecule has 0 saturated carbocycles. The summed E-state index contributed by atoms with van der Waals surface area (Å²) in [5.41, 5.74) is -0.269. The number of rotatable bonds is 4. The zero-order chi connectivity index (χ0) is 14.0. The number of nitrogens with zero attached hydrogens (tertiary/aromatic N) is 2. The Labute approximate surface area is 110 Å². The van der Waals surface area contributed by atoms with E-state index >= 15 is 0 Å². The zero-order valence-electron chi connectivity index (χ0n) is 10.9. The summed E-state index contributed by atoms with van der Waals surface area (Å²) in [4.78, 5) is 4.15. The monoisotopic (exact) mass is 266 g/mol. The average Bonchev–Trinajstić information content (AvgIpc) is 2.77. The van der Waals surface area contributed by atoms with Crippen molar-refractivity contribution in [3.63, 3.8) is 0 Å². The van der Waals surface area contributed by atoms with E-state index in [9.17, 15) is 13.9 Å². The molecule has 0 radical (unpaired) electrons. The van der Waals surface area contributed by atoms with Crippen LogP contribution < -0.4 is 0 Å². The zero-order valence-corrected chi connectivity index (χ0v) is 10.9. The Bertz CT molecular complexity index is 573. The van der Waals surface area contributed by atoms with E-state index < -0.39 is 17.2 Å². The number of aryl methyl sites for hydroxylation is 1. The summed E-state index contributed by atoms with van der Waals surface area (Å²) in [5.74, 6) is -1.21. The fraction of sp³-hybridized carbons (Fsp3) is 0.357. The molecule has 0 aliphatic rings. The lowest BCUT2D eigenvalue weighted by atomic mass is 10.1. The average molecular weight is 266 g/mol. The van der Waals surface area contributed by atoms with Crippen molar-refractivity contribution < 1.29 is 13.9 Å². The standard InChI is InChI=1S/C14H16F2N2O/c1-14(2,19)5-7-18-8-6-17-13(18)10-3-4-11(15)12(16)9-10/h3-4,6,8-9,19H,5,7H2,1-2H3. The van der Waals surface area contributed by atoms with Gasteiger partial charge in [-0.3, -0.25) is 0 Å². The molecule has 1 aromatic carbocycles. The van der Waals surface area contributed by atoms with Crippen molar-refractivity contribution in [3.8, 4) is 11.4 Å². The fourth-order valence-corrected chi connectivity index (χ4v) is 1.78. The smallest absolute Gasteiger partial charge is 0.159 e. The summed E-state index contributed by atoms with van der Waals surface area (Å²) in [6.45, 7) is 4.00. The van der Waals surface area contributed by atoms with E-state index in [4.69, 9.17) is 0 Å². The summed E-state index contributed by atoms with van der Waals surface area (Å²) in [6, 6.07) is 3.69. The van der Waals surface area contributed by atoms with E-state index in [1.807, 2.05) is 4.57 Å². The first-order valence-corrected chi connectivity index (χ1v) is 6.06.